The number of anilines is 1. The first-order chi connectivity index (χ1) is 14.0. The number of imidazole rings is 1. The molecule has 2 aromatic carbocycles. The van der Waals surface area contributed by atoms with E-state index in [2.05, 4.69) is 17.2 Å². The summed E-state index contributed by atoms with van der Waals surface area (Å²) < 4.78 is 1.84. The number of thiazole rings is 1. The van der Waals surface area contributed by atoms with E-state index in [9.17, 15) is 14.9 Å². The first-order valence-corrected chi connectivity index (χ1v) is 9.91. The van der Waals surface area contributed by atoms with E-state index >= 15 is 0 Å². The van der Waals surface area contributed by atoms with Crippen LogP contribution in [0, 0.1) is 17.0 Å². The van der Waals surface area contributed by atoms with E-state index in [1.54, 1.807) is 18.3 Å². The van der Waals surface area contributed by atoms with Gasteiger partial charge in [-0.1, -0.05) is 42.5 Å². The van der Waals surface area contributed by atoms with Gasteiger partial charge in [-0.2, -0.15) is 0 Å². The monoisotopic (exact) mass is 406 g/mol. The van der Waals surface area contributed by atoms with Gasteiger partial charge in [0.25, 0.3) is 11.6 Å². The molecule has 4 rings (SSSR count). The van der Waals surface area contributed by atoms with Crippen molar-refractivity contribution in [1.29, 1.82) is 0 Å². The second-order valence-electron chi connectivity index (χ2n) is 6.61. The standard InChI is InChI=1S/C21H18N4O3S/c1-3-14-7-9-16(10-8-14)22-20(26)19-13(2)24-12-18(23-21(24)29-19)15-5-4-6-17(11-15)25(27)28/h4-12H,3H2,1-2H3,(H,22,26). The zero-order chi connectivity index (χ0) is 20.5. The maximum absolute atomic E-state index is 12.7. The predicted octanol–water partition coefficient (Wildman–Crippen LogP) is 5.09. The number of rotatable bonds is 5. The molecule has 0 bridgehead atoms. The third-order valence-corrected chi connectivity index (χ3v) is 5.89. The van der Waals surface area contributed by atoms with E-state index in [0.717, 1.165) is 17.8 Å². The van der Waals surface area contributed by atoms with Gasteiger partial charge in [-0.15, -0.1) is 0 Å². The van der Waals surface area contributed by atoms with Crippen molar-refractivity contribution >= 4 is 33.6 Å². The number of nitro groups is 1. The molecule has 8 heteroatoms. The number of aryl methyl sites for hydroxylation is 2. The second kappa shape index (κ2) is 7.48. The molecule has 0 spiro atoms. The zero-order valence-corrected chi connectivity index (χ0v) is 16.7. The highest BCUT2D eigenvalue weighted by molar-refractivity contribution is 7.19. The van der Waals surface area contributed by atoms with E-state index in [1.165, 1.54) is 29.0 Å². The van der Waals surface area contributed by atoms with E-state index in [-0.39, 0.29) is 11.6 Å². The van der Waals surface area contributed by atoms with Crippen LogP contribution >= 0.6 is 11.3 Å². The predicted molar refractivity (Wildman–Crippen MR) is 114 cm³/mol. The Morgan fingerprint density at radius 1 is 1.24 bits per heavy atom. The van der Waals surface area contributed by atoms with Crippen molar-refractivity contribution in [3.63, 3.8) is 0 Å². The molecule has 29 heavy (non-hydrogen) atoms. The fraction of sp³-hybridized carbons (Fsp3) is 0.143. The van der Waals surface area contributed by atoms with Crippen molar-refractivity contribution in [2.45, 2.75) is 20.3 Å². The number of hydrogen-bond donors (Lipinski definition) is 1. The summed E-state index contributed by atoms with van der Waals surface area (Å²) in [6.45, 7) is 3.94. The Balaban J connectivity index is 1.61. The number of fused-ring (bicyclic) bond motifs is 1. The normalized spacial score (nSPS) is 11.0. The summed E-state index contributed by atoms with van der Waals surface area (Å²) in [5, 5.41) is 13.9. The first-order valence-electron chi connectivity index (χ1n) is 9.10. The minimum atomic E-state index is -0.428. The summed E-state index contributed by atoms with van der Waals surface area (Å²) in [4.78, 5) is 29.1. The molecule has 1 amide bonds. The van der Waals surface area contributed by atoms with Gasteiger partial charge in [0.1, 0.15) is 4.88 Å². The average molecular weight is 406 g/mol. The Hall–Kier alpha value is -3.52. The van der Waals surface area contributed by atoms with Crippen LogP contribution in [0.15, 0.2) is 54.7 Å². The fourth-order valence-corrected chi connectivity index (χ4v) is 4.09. The summed E-state index contributed by atoms with van der Waals surface area (Å²) >= 11 is 1.29. The number of aromatic nitrogens is 2. The number of nitrogens with zero attached hydrogens (tertiary/aromatic N) is 3. The van der Waals surface area contributed by atoms with Gasteiger partial charge in [-0.25, -0.2) is 4.98 Å². The van der Waals surface area contributed by atoms with Crippen LogP contribution < -0.4 is 5.32 Å². The number of nitrogens with one attached hydrogen (secondary N) is 1. The molecular weight excluding hydrogens is 388 g/mol. The van der Waals surface area contributed by atoms with Gasteiger partial charge in [0.05, 0.1) is 10.6 Å². The second-order valence-corrected chi connectivity index (χ2v) is 7.58. The Labute approximate surface area is 170 Å². The largest absolute Gasteiger partial charge is 0.321 e. The van der Waals surface area contributed by atoms with Gasteiger partial charge >= 0.3 is 0 Å². The van der Waals surface area contributed by atoms with Crippen LogP contribution in [0.25, 0.3) is 16.2 Å². The number of non-ortho nitro benzene ring substituents is 1. The minimum Gasteiger partial charge on any atom is -0.321 e. The van der Waals surface area contributed by atoms with E-state index in [4.69, 9.17) is 0 Å². The highest BCUT2D eigenvalue weighted by Gasteiger charge is 2.19. The van der Waals surface area contributed by atoms with Crippen LogP contribution in [0.2, 0.25) is 0 Å². The first kappa shape index (κ1) is 18.8. The third kappa shape index (κ3) is 3.62. The lowest BCUT2D eigenvalue weighted by atomic mass is 10.1. The molecule has 0 saturated heterocycles. The highest BCUT2D eigenvalue weighted by Crippen LogP contribution is 2.29. The molecule has 0 aliphatic carbocycles. The molecule has 0 fully saturated rings. The smallest absolute Gasteiger partial charge is 0.270 e. The molecular formula is C21H18N4O3S. The van der Waals surface area contributed by atoms with Crippen LogP contribution in [0.4, 0.5) is 11.4 Å². The highest BCUT2D eigenvalue weighted by atomic mass is 32.1. The van der Waals surface area contributed by atoms with Crippen LogP contribution in [0.5, 0.6) is 0 Å². The topological polar surface area (TPSA) is 89.5 Å². The van der Waals surface area contributed by atoms with Crippen LogP contribution in [-0.4, -0.2) is 20.2 Å². The fourth-order valence-electron chi connectivity index (χ4n) is 3.09. The molecule has 0 radical (unpaired) electrons. The maximum Gasteiger partial charge on any atom is 0.270 e. The molecule has 0 aliphatic rings. The molecule has 2 heterocycles. The van der Waals surface area contributed by atoms with E-state index < -0.39 is 4.92 Å². The number of amides is 1. The quantitative estimate of drug-likeness (QED) is 0.369. The van der Waals surface area contributed by atoms with Crippen molar-refractivity contribution in [3.8, 4) is 11.3 Å². The van der Waals surface area contributed by atoms with E-state index in [1.807, 2.05) is 35.6 Å². The zero-order valence-electron chi connectivity index (χ0n) is 15.9. The van der Waals surface area contributed by atoms with Gasteiger partial charge in [0.2, 0.25) is 0 Å². The molecule has 0 atom stereocenters. The summed E-state index contributed by atoms with van der Waals surface area (Å²) in [7, 11) is 0. The van der Waals surface area contributed by atoms with Gasteiger partial charge < -0.3 is 5.32 Å². The Kier molecular flexibility index (Phi) is 4.85. The lowest BCUT2D eigenvalue weighted by molar-refractivity contribution is -0.384. The third-order valence-electron chi connectivity index (χ3n) is 4.74. The van der Waals surface area contributed by atoms with Crippen LogP contribution in [0.1, 0.15) is 27.9 Å². The Bertz CT molecular complexity index is 1220. The Morgan fingerprint density at radius 3 is 2.66 bits per heavy atom. The van der Waals surface area contributed by atoms with Crippen molar-refractivity contribution in [2.24, 2.45) is 0 Å². The van der Waals surface area contributed by atoms with Crippen molar-refractivity contribution in [3.05, 3.63) is 81.0 Å². The molecule has 0 unspecified atom stereocenters. The maximum atomic E-state index is 12.7. The molecule has 0 saturated carbocycles. The molecule has 146 valence electrons. The van der Waals surface area contributed by atoms with Gasteiger partial charge in [0, 0.05) is 35.3 Å². The lowest BCUT2D eigenvalue weighted by Gasteiger charge is -2.05. The Morgan fingerprint density at radius 2 is 2.00 bits per heavy atom. The van der Waals surface area contributed by atoms with Crippen LogP contribution in [-0.2, 0) is 6.42 Å². The van der Waals surface area contributed by atoms with Gasteiger partial charge in [0.15, 0.2) is 4.96 Å². The molecule has 1 N–H and O–H groups in total. The van der Waals surface area contributed by atoms with E-state index in [0.29, 0.717) is 21.1 Å². The summed E-state index contributed by atoms with van der Waals surface area (Å²) in [6, 6.07) is 14.1. The van der Waals surface area contributed by atoms with Gasteiger partial charge in [-0.05, 0) is 31.0 Å². The molecule has 2 aromatic heterocycles. The van der Waals surface area contributed by atoms with Gasteiger partial charge in [-0.3, -0.25) is 19.3 Å². The number of nitro benzene ring substituents is 1. The summed E-state index contributed by atoms with van der Waals surface area (Å²) in [5.74, 6) is -0.181. The van der Waals surface area contributed by atoms with Crippen molar-refractivity contribution in [2.75, 3.05) is 5.32 Å². The molecule has 4 aromatic rings. The van der Waals surface area contributed by atoms with Crippen molar-refractivity contribution in [1.82, 2.24) is 9.38 Å². The SMILES string of the molecule is CCc1ccc(NC(=O)c2sc3nc(-c4cccc([N+](=O)[O-])c4)cn3c2C)cc1. The number of benzene rings is 2. The lowest BCUT2D eigenvalue weighted by Crippen LogP contribution is -2.11. The van der Waals surface area contributed by atoms with Crippen molar-refractivity contribution < 1.29 is 9.72 Å². The number of hydrogen-bond acceptors (Lipinski definition) is 5. The molecule has 0 aliphatic heterocycles. The number of carbonyl (C=O) groups is 1. The molecule has 7 nitrogen and oxygen atoms in total. The average Bonchev–Trinajstić information content (AvgIpc) is 3.28. The van der Waals surface area contributed by atoms with Crippen LogP contribution in [0.3, 0.4) is 0 Å². The summed E-state index contributed by atoms with van der Waals surface area (Å²) in [6.07, 6.45) is 2.75. The number of carbonyl (C=O) groups excluding carboxylic acids is 1. The summed E-state index contributed by atoms with van der Waals surface area (Å²) in [5.41, 5.74) is 4.04. The minimum absolute atomic E-state index is 0.0183.